The lowest BCUT2D eigenvalue weighted by atomic mass is 10.1. The van der Waals surface area contributed by atoms with Crippen molar-refractivity contribution in [2.75, 3.05) is 25.1 Å². The summed E-state index contributed by atoms with van der Waals surface area (Å²) in [5.74, 6) is 0.0430. The molecule has 1 saturated heterocycles. The van der Waals surface area contributed by atoms with Gasteiger partial charge in [0, 0.05) is 49.7 Å². The van der Waals surface area contributed by atoms with Crippen LogP contribution in [-0.4, -0.2) is 64.8 Å². The van der Waals surface area contributed by atoms with Crippen molar-refractivity contribution in [3.05, 3.63) is 88.5 Å². The first-order valence-electron chi connectivity index (χ1n) is 11.6. The minimum absolute atomic E-state index is 0.0104. The number of benzene rings is 2. The number of hydrogen-bond donors (Lipinski definition) is 0. The van der Waals surface area contributed by atoms with Gasteiger partial charge in [-0.1, -0.05) is 35.9 Å². The van der Waals surface area contributed by atoms with Crippen molar-refractivity contribution in [2.45, 2.75) is 32.1 Å². The van der Waals surface area contributed by atoms with Gasteiger partial charge in [0.2, 0.25) is 5.91 Å². The summed E-state index contributed by atoms with van der Waals surface area (Å²) in [6.45, 7) is 2.11. The molecule has 8 nitrogen and oxygen atoms in total. The average molecular weight is 526 g/mol. The Kier molecular flexibility index (Phi) is 8.09. The van der Waals surface area contributed by atoms with E-state index < -0.39 is 9.84 Å². The van der Waals surface area contributed by atoms with E-state index in [1.54, 1.807) is 35.6 Å². The molecule has 0 saturated carbocycles. The number of carbonyl (C=O) groups excluding carboxylic acids is 1. The molecule has 1 fully saturated rings. The number of rotatable bonds is 9. The molecule has 3 aromatic rings. The molecule has 0 bridgehead atoms. The minimum Gasteiger partial charge on any atom is -0.336 e. The highest BCUT2D eigenvalue weighted by Crippen LogP contribution is 2.21. The number of sulfone groups is 1. The van der Waals surface area contributed by atoms with Crippen molar-refractivity contribution in [2.24, 2.45) is 0 Å². The second-order valence-electron chi connectivity index (χ2n) is 9.20. The van der Waals surface area contributed by atoms with E-state index in [2.05, 4.69) is 11.1 Å². The van der Waals surface area contributed by atoms with E-state index in [1.807, 2.05) is 39.8 Å². The number of piperazine rings is 1. The van der Waals surface area contributed by atoms with Crippen molar-refractivity contribution in [1.82, 2.24) is 19.4 Å². The second kappa shape index (κ2) is 11.2. The summed E-state index contributed by atoms with van der Waals surface area (Å²) in [6, 6.07) is 16.8. The first-order valence-corrected chi connectivity index (χ1v) is 14.1. The maximum absolute atomic E-state index is 13.1. The van der Waals surface area contributed by atoms with Crippen molar-refractivity contribution in [3.8, 4) is 6.07 Å². The number of imidazole rings is 1. The van der Waals surface area contributed by atoms with Crippen LogP contribution >= 0.6 is 11.6 Å². The van der Waals surface area contributed by atoms with E-state index in [-0.39, 0.29) is 24.2 Å². The molecular formula is C26H28ClN5O3S. The topological polar surface area (TPSA) is 99.3 Å². The zero-order valence-corrected chi connectivity index (χ0v) is 21.6. The maximum Gasteiger partial charge on any atom is 0.237 e. The van der Waals surface area contributed by atoms with Crippen LogP contribution < -0.4 is 0 Å². The molecule has 0 radical (unpaired) electrons. The predicted molar refractivity (Wildman–Crippen MR) is 138 cm³/mol. The van der Waals surface area contributed by atoms with Crippen LogP contribution in [0.2, 0.25) is 5.02 Å². The number of amides is 1. The van der Waals surface area contributed by atoms with Crippen LogP contribution in [0.5, 0.6) is 0 Å². The molecule has 1 amide bonds. The fourth-order valence-corrected chi connectivity index (χ4v) is 5.32. The Morgan fingerprint density at radius 2 is 1.89 bits per heavy atom. The fourth-order valence-electron chi connectivity index (χ4n) is 4.40. The lowest BCUT2D eigenvalue weighted by Crippen LogP contribution is -2.55. The summed E-state index contributed by atoms with van der Waals surface area (Å²) < 4.78 is 25.9. The smallest absolute Gasteiger partial charge is 0.237 e. The molecule has 0 N–H and O–H groups in total. The van der Waals surface area contributed by atoms with Gasteiger partial charge in [0.25, 0.3) is 0 Å². The largest absolute Gasteiger partial charge is 0.336 e. The maximum atomic E-state index is 13.1. The highest BCUT2D eigenvalue weighted by molar-refractivity contribution is 7.90. The molecular weight excluding hydrogens is 498 g/mol. The van der Waals surface area contributed by atoms with Gasteiger partial charge >= 0.3 is 0 Å². The molecule has 0 spiro atoms. The predicted octanol–water partition coefficient (Wildman–Crippen LogP) is 3.10. The molecule has 1 aliphatic rings. The summed E-state index contributed by atoms with van der Waals surface area (Å²) in [6.07, 6.45) is 5.19. The SMILES string of the molecule is CS(=O)(=O)CCC1CN(Cc2cccc(Cl)c2)C(=O)CN1Cc1cncn1Cc1ccc(C#N)cc1. The molecule has 1 atom stereocenters. The summed E-state index contributed by atoms with van der Waals surface area (Å²) in [7, 11) is -3.15. The number of nitriles is 1. The van der Waals surface area contributed by atoms with Crippen molar-refractivity contribution < 1.29 is 13.2 Å². The third-order valence-electron chi connectivity index (χ3n) is 6.32. The number of carbonyl (C=O) groups is 1. The van der Waals surface area contributed by atoms with Crippen LogP contribution in [0, 0.1) is 11.3 Å². The number of halogens is 1. The number of hydrogen-bond acceptors (Lipinski definition) is 6. The van der Waals surface area contributed by atoms with Gasteiger partial charge in [0.15, 0.2) is 0 Å². The lowest BCUT2D eigenvalue weighted by molar-refractivity contribution is -0.139. The van der Waals surface area contributed by atoms with Crippen molar-refractivity contribution in [1.29, 1.82) is 5.26 Å². The number of nitrogens with zero attached hydrogens (tertiary/aromatic N) is 5. The van der Waals surface area contributed by atoms with Gasteiger partial charge in [0.05, 0.1) is 36.0 Å². The van der Waals surface area contributed by atoms with Crippen LogP contribution in [0.1, 0.15) is 28.8 Å². The quantitative estimate of drug-likeness (QED) is 0.425. The molecule has 188 valence electrons. The first kappa shape index (κ1) is 25.9. The van der Waals surface area contributed by atoms with Gasteiger partial charge in [-0.3, -0.25) is 9.69 Å². The number of aromatic nitrogens is 2. The Balaban J connectivity index is 1.50. The molecule has 2 heterocycles. The van der Waals surface area contributed by atoms with Gasteiger partial charge in [-0.25, -0.2) is 13.4 Å². The third kappa shape index (κ3) is 6.94. The molecule has 2 aromatic carbocycles. The van der Waals surface area contributed by atoms with Crippen LogP contribution in [0.15, 0.2) is 61.1 Å². The van der Waals surface area contributed by atoms with Crippen LogP contribution in [0.3, 0.4) is 0 Å². The van der Waals surface area contributed by atoms with E-state index in [4.69, 9.17) is 16.9 Å². The summed E-state index contributed by atoms with van der Waals surface area (Å²) >= 11 is 6.12. The zero-order valence-electron chi connectivity index (χ0n) is 20.0. The molecule has 4 rings (SSSR count). The Labute approximate surface area is 216 Å². The minimum atomic E-state index is -3.15. The van der Waals surface area contributed by atoms with E-state index in [0.717, 1.165) is 16.8 Å². The molecule has 1 unspecified atom stereocenters. The molecule has 1 aliphatic heterocycles. The van der Waals surface area contributed by atoms with Crippen LogP contribution in [0.25, 0.3) is 0 Å². The summed E-state index contributed by atoms with van der Waals surface area (Å²) in [4.78, 5) is 21.2. The molecule has 1 aromatic heterocycles. The highest BCUT2D eigenvalue weighted by Gasteiger charge is 2.33. The van der Waals surface area contributed by atoms with E-state index in [0.29, 0.717) is 43.2 Å². The Hall–Kier alpha value is -3.19. The standard InChI is InChI=1S/C26H28ClN5O3S/c1-36(34,35)10-9-24-16-31(15-22-3-2-4-23(27)11-22)26(33)18-30(24)17-25-13-29-19-32(25)14-21-7-5-20(12-28)6-8-21/h2-8,11,13,19,24H,9-10,14-18H2,1H3. The molecule has 36 heavy (non-hydrogen) atoms. The van der Waals surface area contributed by atoms with Gasteiger partial charge in [-0.15, -0.1) is 0 Å². The van der Waals surface area contributed by atoms with Gasteiger partial charge in [-0.05, 0) is 41.8 Å². The van der Waals surface area contributed by atoms with Crippen molar-refractivity contribution in [3.63, 3.8) is 0 Å². The summed E-state index contributed by atoms with van der Waals surface area (Å²) in [5.41, 5.74) is 3.50. The van der Waals surface area contributed by atoms with Gasteiger partial charge in [0.1, 0.15) is 9.84 Å². The average Bonchev–Trinajstić information content (AvgIpc) is 3.26. The lowest BCUT2D eigenvalue weighted by Gasteiger charge is -2.41. The monoisotopic (exact) mass is 525 g/mol. The van der Waals surface area contributed by atoms with E-state index >= 15 is 0 Å². The van der Waals surface area contributed by atoms with Gasteiger partial charge in [-0.2, -0.15) is 5.26 Å². The fraction of sp³-hybridized carbons (Fsp3) is 0.346. The molecule has 0 aliphatic carbocycles. The van der Waals surface area contributed by atoms with E-state index in [1.165, 1.54) is 6.26 Å². The second-order valence-corrected chi connectivity index (χ2v) is 11.9. The summed E-state index contributed by atoms with van der Waals surface area (Å²) in [5, 5.41) is 9.63. The Bertz CT molecular complexity index is 1360. The van der Waals surface area contributed by atoms with Gasteiger partial charge < -0.3 is 9.47 Å². The van der Waals surface area contributed by atoms with Crippen LogP contribution in [-0.2, 0) is 34.3 Å². The van der Waals surface area contributed by atoms with Crippen LogP contribution in [0.4, 0.5) is 0 Å². The van der Waals surface area contributed by atoms with E-state index in [9.17, 15) is 13.2 Å². The third-order valence-corrected chi connectivity index (χ3v) is 7.53. The normalized spacial score (nSPS) is 16.8. The Morgan fingerprint density at radius 1 is 1.11 bits per heavy atom. The zero-order chi connectivity index (χ0) is 25.7. The highest BCUT2D eigenvalue weighted by atomic mass is 35.5. The first-order chi connectivity index (χ1) is 17.2. The molecule has 10 heteroatoms. The Morgan fingerprint density at radius 3 is 2.58 bits per heavy atom. The van der Waals surface area contributed by atoms with Crippen molar-refractivity contribution >= 4 is 27.3 Å².